The number of esters is 1. The molecule has 0 saturated heterocycles. The Hall–Kier alpha value is -1.59. The van der Waals surface area contributed by atoms with Crippen molar-refractivity contribution in [1.29, 1.82) is 0 Å². The Morgan fingerprint density at radius 3 is 2.40 bits per heavy atom. The van der Waals surface area contributed by atoms with Crippen LogP contribution in [0.2, 0.25) is 0 Å². The van der Waals surface area contributed by atoms with Crippen LogP contribution < -0.4 is 0 Å². The van der Waals surface area contributed by atoms with E-state index in [2.05, 4.69) is 0 Å². The number of rotatable bonds is 6. The second kappa shape index (κ2) is 8.19. The zero-order chi connectivity index (χ0) is 18.6. The third-order valence-electron chi connectivity index (χ3n) is 3.49. The number of aryl methyl sites for hydroxylation is 1. The van der Waals surface area contributed by atoms with Gasteiger partial charge in [0.2, 0.25) is 0 Å². The minimum absolute atomic E-state index is 0.00342. The highest BCUT2D eigenvalue weighted by atomic mass is 35.5. The number of benzene rings is 1. The molecular weight excluding hydrogens is 360 g/mol. The van der Waals surface area contributed by atoms with E-state index >= 15 is 0 Å². The molecule has 25 heavy (non-hydrogen) atoms. The fourth-order valence-electron chi connectivity index (χ4n) is 2.34. The number of ether oxygens (including phenoxy) is 1. The van der Waals surface area contributed by atoms with Crippen LogP contribution in [0.25, 0.3) is 0 Å². The van der Waals surface area contributed by atoms with Gasteiger partial charge in [-0.25, -0.2) is 0 Å². The number of halogens is 1. The van der Waals surface area contributed by atoms with Crippen LogP contribution in [0.3, 0.4) is 0 Å². The van der Waals surface area contributed by atoms with Crippen molar-refractivity contribution in [3.63, 3.8) is 0 Å². The van der Waals surface area contributed by atoms with Gasteiger partial charge in [-0.15, -0.1) is 11.6 Å². The maximum absolute atomic E-state index is 12.8. The predicted octanol–water partition coefficient (Wildman–Crippen LogP) is 4.78. The smallest absolute Gasteiger partial charge is 0.307 e. The fourth-order valence-corrected chi connectivity index (χ4v) is 4.05. The van der Waals surface area contributed by atoms with E-state index in [9.17, 15) is 9.00 Å². The van der Waals surface area contributed by atoms with Gasteiger partial charge in [-0.3, -0.25) is 9.00 Å². The maximum atomic E-state index is 12.8. The lowest BCUT2D eigenvalue weighted by Gasteiger charge is -2.23. The molecule has 4 nitrogen and oxygen atoms in total. The Morgan fingerprint density at radius 2 is 1.88 bits per heavy atom. The third-order valence-corrected chi connectivity index (χ3v) is 5.75. The third kappa shape index (κ3) is 5.72. The molecule has 1 unspecified atom stereocenters. The first-order valence-electron chi connectivity index (χ1n) is 8.04. The Labute approximate surface area is 156 Å². The Kier molecular flexibility index (Phi) is 6.47. The Bertz CT molecular complexity index is 717. The number of carbonyl (C=O) groups excluding carboxylic acids is 1. The SMILES string of the molecule is Cc1ccc(S(=O)[C@H](Cl)[C@H](CC(=O)OC(C)(C)C)c2ccco2)cc1. The van der Waals surface area contributed by atoms with E-state index in [4.69, 9.17) is 20.8 Å². The van der Waals surface area contributed by atoms with Crippen LogP contribution in [0.15, 0.2) is 52.0 Å². The van der Waals surface area contributed by atoms with Crippen molar-refractivity contribution in [3.8, 4) is 0 Å². The molecule has 0 saturated carbocycles. The molecular formula is C19H23ClO4S. The van der Waals surface area contributed by atoms with Crippen molar-refractivity contribution in [2.45, 2.75) is 55.2 Å². The van der Waals surface area contributed by atoms with E-state index in [0.717, 1.165) is 5.56 Å². The number of carbonyl (C=O) groups is 1. The summed E-state index contributed by atoms with van der Waals surface area (Å²) in [6.07, 6.45) is 1.51. The molecule has 1 aromatic carbocycles. The molecule has 2 rings (SSSR count). The van der Waals surface area contributed by atoms with E-state index in [0.29, 0.717) is 10.7 Å². The minimum atomic E-state index is -1.49. The van der Waals surface area contributed by atoms with Crippen LogP contribution in [0.5, 0.6) is 0 Å². The van der Waals surface area contributed by atoms with Crippen molar-refractivity contribution in [1.82, 2.24) is 0 Å². The van der Waals surface area contributed by atoms with Crippen LogP contribution in [0.1, 0.15) is 44.4 Å². The number of alkyl halides is 1. The van der Waals surface area contributed by atoms with Gasteiger partial charge in [0.05, 0.1) is 29.4 Å². The van der Waals surface area contributed by atoms with Crippen molar-refractivity contribution < 1.29 is 18.2 Å². The molecule has 0 amide bonds. The summed E-state index contributed by atoms with van der Waals surface area (Å²) in [4.78, 5) is 12.9. The summed E-state index contributed by atoms with van der Waals surface area (Å²) in [5.41, 5.74) is 0.478. The molecule has 136 valence electrons. The molecule has 0 N–H and O–H groups in total. The van der Waals surface area contributed by atoms with Crippen molar-refractivity contribution >= 4 is 28.4 Å². The number of hydrogen-bond acceptors (Lipinski definition) is 4. The van der Waals surface area contributed by atoms with Crippen LogP contribution in [0, 0.1) is 6.92 Å². The lowest BCUT2D eigenvalue weighted by Crippen LogP contribution is -2.27. The van der Waals surface area contributed by atoms with Crippen molar-refractivity contribution in [3.05, 3.63) is 54.0 Å². The first-order chi connectivity index (χ1) is 11.7. The lowest BCUT2D eigenvalue weighted by atomic mass is 10.0. The van der Waals surface area contributed by atoms with E-state index in [1.165, 1.54) is 6.26 Å². The molecule has 2 aromatic rings. The second-order valence-corrected chi connectivity index (χ2v) is 9.18. The normalized spacial score (nSPS) is 15.4. The zero-order valence-corrected chi connectivity index (χ0v) is 16.4. The summed E-state index contributed by atoms with van der Waals surface area (Å²) in [7, 11) is -1.49. The van der Waals surface area contributed by atoms with Gasteiger partial charge < -0.3 is 9.15 Å². The summed E-state index contributed by atoms with van der Waals surface area (Å²) in [6, 6.07) is 10.8. The lowest BCUT2D eigenvalue weighted by molar-refractivity contribution is -0.155. The van der Waals surface area contributed by atoms with Gasteiger partial charge in [0.25, 0.3) is 0 Å². The first-order valence-corrected chi connectivity index (χ1v) is 9.69. The highest BCUT2D eigenvalue weighted by Crippen LogP contribution is 2.33. The van der Waals surface area contributed by atoms with Crippen LogP contribution in [-0.2, 0) is 20.3 Å². The monoisotopic (exact) mass is 382 g/mol. The van der Waals surface area contributed by atoms with Gasteiger partial charge in [-0.2, -0.15) is 0 Å². The van der Waals surface area contributed by atoms with E-state index in [-0.39, 0.29) is 6.42 Å². The Morgan fingerprint density at radius 1 is 1.24 bits per heavy atom. The molecule has 1 heterocycles. The molecule has 0 bridgehead atoms. The number of furan rings is 1. The van der Waals surface area contributed by atoms with Crippen molar-refractivity contribution in [2.75, 3.05) is 0 Å². The minimum Gasteiger partial charge on any atom is -0.469 e. The molecule has 0 fully saturated rings. The van der Waals surface area contributed by atoms with E-state index in [1.54, 1.807) is 45.0 Å². The summed E-state index contributed by atoms with van der Waals surface area (Å²) in [6.45, 7) is 7.36. The van der Waals surface area contributed by atoms with Gasteiger partial charge in [-0.1, -0.05) is 17.7 Å². The highest BCUT2D eigenvalue weighted by Gasteiger charge is 2.33. The molecule has 0 spiro atoms. The second-order valence-electron chi connectivity index (χ2n) is 6.87. The van der Waals surface area contributed by atoms with Gasteiger partial charge in [0.15, 0.2) is 0 Å². The molecule has 0 aliphatic rings. The van der Waals surface area contributed by atoms with Gasteiger partial charge >= 0.3 is 5.97 Å². The zero-order valence-electron chi connectivity index (χ0n) is 14.8. The number of hydrogen-bond donors (Lipinski definition) is 0. The van der Waals surface area contributed by atoms with Crippen LogP contribution in [0.4, 0.5) is 0 Å². The summed E-state index contributed by atoms with van der Waals surface area (Å²) in [5.74, 6) is -0.430. The van der Waals surface area contributed by atoms with Gasteiger partial charge in [0, 0.05) is 4.90 Å². The predicted molar refractivity (Wildman–Crippen MR) is 99.1 cm³/mol. The molecule has 3 atom stereocenters. The fraction of sp³-hybridized carbons (Fsp3) is 0.421. The quantitative estimate of drug-likeness (QED) is 0.533. The maximum Gasteiger partial charge on any atom is 0.307 e. The molecule has 0 aliphatic carbocycles. The van der Waals surface area contributed by atoms with Crippen LogP contribution in [-0.4, -0.2) is 20.5 Å². The van der Waals surface area contributed by atoms with Gasteiger partial charge in [0.1, 0.15) is 16.1 Å². The largest absolute Gasteiger partial charge is 0.469 e. The molecule has 1 aromatic heterocycles. The topological polar surface area (TPSA) is 56.5 Å². The Balaban J connectivity index is 2.21. The molecule has 0 aliphatic heterocycles. The molecule has 0 radical (unpaired) electrons. The van der Waals surface area contributed by atoms with Crippen molar-refractivity contribution in [2.24, 2.45) is 0 Å². The summed E-state index contributed by atoms with van der Waals surface area (Å²) >= 11 is 6.51. The summed E-state index contributed by atoms with van der Waals surface area (Å²) in [5, 5.41) is 0. The molecule has 6 heteroatoms. The van der Waals surface area contributed by atoms with E-state index < -0.39 is 33.0 Å². The standard InChI is InChI=1S/C19H23ClO4S/c1-13-7-9-14(10-8-13)25(22)18(20)15(16-6-5-11-23-16)12-17(21)24-19(2,3)4/h5-11,15,18H,12H2,1-4H3/t15-,18+,25?/m1/s1. The van der Waals surface area contributed by atoms with Crippen LogP contribution >= 0.6 is 11.6 Å². The average molecular weight is 383 g/mol. The highest BCUT2D eigenvalue weighted by molar-refractivity contribution is 7.87. The average Bonchev–Trinajstić information content (AvgIpc) is 3.04. The summed E-state index contributed by atoms with van der Waals surface area (Å²) < 4.78 is 22.8. The van der Waals surface area contributed by atoms with E-state index in [1.807, 2.05) is 19.1 Å². The van der Waals surface area contributed by atoms with Gasteiger partial charge in [-0.05, 0) is 52.0 Å². The first kappa shape index (κ1) is 19.7.